The minimum Gasteiger partial charge on any atom is -0.508 e. The fourth-order valence-corrected chi connectivity index (χ4v) is 1.68. The van der Waals surface area contributed by atoms with Crippen molar-refractivity contribution < 1.29 is 19.4 Å². The molecular weight excluding hydrogens is 284 g/mol. The van der Waals surface area contributed by atoms with E-state index in [-0.39, 0.29) is 17.6 Å². The highest BCUT2D eigenvalue weighted by atomic mass is 16.5. The van der Waals surface area contributed by atoms with Gasteiger partial charge in [-0.15, -0.1) is 0 Å². The summed E-state index contributed by atoms with van der Waals surface area (Å²) in [5.41, 5.74) is 5.84. The second kappa shape index (κ2) is 7.12. The summed E-state index contributed by atoms with van der Waals surface area (Å²) < 4.78 is 5.56. The second-order valence-electron chi connectivity index (χ2n) is 4.61. The minimum atomic E-state index is -0.388. The van der Waals surface area contributed by atoms with Gasteiger partial charge in [-0.05, 0) is 42.0 Å². The van der Waals surface area contributed by atoms with Crippen LogP contribution in [0.25, 0.3) is 0 Å². The van der Waals surface area contributed by atoms with E-state index in [1.807, 2.05) is 0 Å². The summed E-state index contributed by atoms with van der Waals surface area (Å²) >= 11 is 0. The summed E-state index contributed by atoms with van der Waals surface area (Å²) in [5.74, 6) is 0.0978. The van der Waals surface area contributed by atoms with Crippen LogP contribution in [0.2, 0.25) is 0 Å². The zero-order chi connectivity index (χ0) is 15.9. The van der Waals surface area contributed by atoms with Gasteiger partial charge in [0.15, 0.2) is 0 Å². The SMILES string of the molecule is CC(=O)NNC(=O)c1ccc(COc2ccc(O)cc2)cc1. The van der Waals surface area contributed by atoms with E-state index in [0.717, 1.165) is 5.56 Å². The van der Waals surface area contributed by atoms with Crippen LogP contribution in [-0.4, -0.2) is 16.9 Å². The van der Waals surface area contributed by atoms with Gasteiger partial charge in [0.05, 0.1) is 0 Å². The smallest absolute Gasteiger partial charge is 0.269 e. The summed E-state index contributed by atoms with van der Waals surface area (Å²) in [5, 5.41) is 9.18. The van der Waals surface area contributed by atoms with Crippen LogP contribution in [0, 0.1) is 0 Å². The van der Waals surface area contributed by atoms with E-state index in [1.54, 1.807) is 48.5 Å². The van der Waals surface area contributed by atoms with Crippen molar-refractivity contribution in [1.29, 1.82) is 0 Å². The number of amides is 2. The third-order valence-corrected chi connectivity index (χ3v) is 2.81. The molecule has 3 N–H and O–H groups in total. The zero-order valence-corrected chi connectivity index (χ0v) is 12.0. The maximum absolute atomic E-state index is 11.7. The lowest BCUT2D eigenvalue weighted by Gasteiger charge is -2.08. The van der Waals surface area contributed by atoms with E-state index in [1.165, 1.54) is 6.92 Å². The molecule has 0 spiro atoms. The highest BCUT2D eigenvalue weighted by molar-refractivity contribution is 5.95. The first kappa shape index (κ1) is 15.4. The number of hydrogen-bond acceptors (Lipinski definition) is 4. The van der Waals surface area contributed by atoms with Crippen molar-refractivity contribution in [1.82, 2.24) is 10.9 Å². The van der Waals surface area contributed by atoms with Gasteiger partial charge in [0.2, 0.25) is 5.91 Å². The Bertz CT molecular complexity index is 651. The van der Waals surface area contributed by atoms with E-state index in [2.05, 4.69) is 10.9 Å². The van der Waals surface area contributed by atoms with Crippen molar-refractivity contribution in [2.45, 2.75) is 13.5 Å². The molecule has 0 radical (unpaired) electrons. The van der Waals surface area contributed by atoms with Crippen LogP contribution in [0.4, 0.5) is 0 Å². The standard InChI is InChI=1S/C16H16N2O4/c1-11(19)17-18-16(21)13-4-2-12(3-5-13)10-22-15-8-6-14(20)7-9-15/h2-9,20H,10H2,1H3,(H,17,19)(H,18,21). The number of carbonyl (C=O) groups is 2. The van der Waals surface area contributed by atoms with Gasteiger partial charge in [0, 0.05) is 12.5 Å². The predicted octanol–water partition coefficient (Wildman–Crippen LogP) is 1.75. The Morgan fingerprint density at radius 2 is 1.64 bits per heavy atom. The van der Waals surface area contributed by atoms with Crippen LogP contribution in [0.1, 0.15) is 22.8 Å². The average Bonchev–Trinajstić information content (AvgIpc) is 2.52. The Morgan fingerprint density at radius 3 is 2.23 bits per heavy atom. The number of phenols is 1. The number of hydrogen-bond donors (Lipinski definition) is 3. The molecule has 0 unspecified atom stereocenters. The van der Waals surface area contributed by atoms with E-state index in [4.69, 9.17) is 4.74 Å². The van der Waals surface area contributed by atoms with Crippen molar-refractivity contribution >= 4 is 11.8 Å². The first-order chi connectivity index (χ1) is 10.5. The number of aromatic hydroxyl groups is 1. The number of rotatable bonds is 4. The summed E-state index contributed by atoms with van der Waals surface area (Å²) in [6, 6.07) is 13.3. The van der Waals surface area contributed by atoms with E-state index < -0.39 is 0 Å². The van der Waals surface area contributed by atoms with Crippen molar-refractivity contribution in [3.63, 3.8) is 0 Å². The largest absolute Gasteiger partial charge is 0.508 e. The van der Waals surface area contributed by atoms with E-state index >= 15 is 0 Å². The molecule has 0 aliphatic heterocycles. The van der Waals surface area contributed by atoms with Crippen LogP contribution in [-0.2, 0) is 11.4 Å². The molecule has 0 aliphatic rings. The zero-order valence-electron chi connectivity index (χ0n) is 12.0. The molecule has 0 fully saturated rings. The molecule has 0 saturated carbocycles. The maximum Gasteiger partial charge on any atom is 0.269 e. The third-order valence-electron chi connectivity index (χ3n) is 2.81. The highest BCUT2D eigenvalue weighted by Gasteiger charge is 2.05. The normalized spacial score (nSPS) is 9.86. The van der Waals surface area contributed by atoms with Gasteiger partial charge in [0.25, 0.3) is 5.91 Å². The Hall–Kier alpha value is -3.02. The molecule has 6 heteroatoms. The summed E-state index contributed by atoms with van der Waals surface area (Å²) in [4.78, 5) is 22.4. The Labute approximate surface area is 127 Å². The minimum absolute atomic E-state index is 0.182. The van der Waals surface area contributed by atoms with Crippen molar-refractivity contribution in [2.24, 2.45) is 0 Å². The quantitative estimate of drug-likeness (QED) is 0.751. The predicted molar refractivity (Wildman–Crippen MR) is 80.2 cm³/mol. The molecule has 0 saturated heterocycles. The highest BCUT2D eigenvalue weighted by Crippen LogP contribution is 2.17. The number of benzene rings is 2. The lowest BCUT2D eigenvalue weighted by atomic mass is 10.1. The monoisotopic (exact) mass is 300 g/mol. The molecule has 0 aliphatic carbocycles. The van der Waals surface area contributed by atoms with Crippen LogP contribution < -0.4 is 15.6 Å². The fraction of sp³-hybridized carbons (Fsp3) is 0.125. The van der Waals surface area contributed by atoms with Gasteiger partial charge >= 0.3 is 0 Å². The molecule has 2 aromatic rings. The molecule has 6 nitrogen and oxygen atoms in total. The Morgan fingerprint density at radius 1 is 1.00 bits per heavy atom. The van der Waals surface area contributed by atoms with Crippen molar-refractivity contribution in [3.05, 3.63) is 59.7 Å². The molecule has 22 heavy (non-hydrogen) atoms. The van der Waals surface area contributed by atoms with Crippen LogP contribution in [0.3, 0.4) is 0 Å². The molecule has 2 aromatic carbocycles. The van der Waals surface area contributed by atoms with Crippen LogP contribution >= 0.6 is 0 Å². The molecule has 114 valence electrons. The van der Waals surface area contributed by atoms with Crippen LogP contribution in [0.15, 0.2) is 48.5 Å². The van der Waals surface area contributed by atoms with Gasteiger partial charge in [-0.2, -0.15) is 0 Å². The number of nitrogens with one attached hydrogen (secondary N) is 2. The third kappa shape index (κ3) is 4.52. The Balaban J connectivity index is 1.90. The van der Waals surface area contributed by atoms with E-state index in [0.29, 0.717) is 17.9 Å². The summed E-state index contributed by atoms with van der Waals surface area (Å²) in [6.45, 7) is 1.66. The number of ether oxygens (including phenoxy) is 1. The summed E-state index contributed by atoms with van der Waals surface area (Å²) in [6.07, 6.45) is 0. The van der Waals surface area contributed by atoms with Gasteiger partial charge < -0.3 is 9.84 Å². The Kier molecular flexibility index (Phi) is 4.98. The van der Waals surface area contributed by atoms with Crippen molar-refractivity contribution in [3.8, 4) is 11.5 Å². The van der Waals surface area contributed by atoms with E-state index in [9.17, 15) is 14.7 Å². The number of carbonyl (C=O) groups excluding carboxylic acids is 2. The van der Waals surface area contributed by atoms with Gasteiger partial charge in [-0.25, -0.2) is 0 Å². The molecule has 0 bridgehead atoms. The van der Waals surface area contributed by atoms with Crippen molar-refractivity contribution in [2.75, 3.05) is 0 Å². The summed E-state index contributed by atoms with van der Waals surface area (Å²) in [7, 11) is 0. The maximum atomic E-state index is 11.7. The lowest BCUT2D eigenvalue weighted by molar-refractivity contribution is -0.119. The lowest BCUT2D eigenvalue weighted by Crippen LogP contribution is -2.40. The molecule has 2 rings (SSSR count). The first-order valence-corrected chi connectivity index (χ1v) is 6.62. The van der Waals surface area contributed by atoms with Gasteiger partial charge in [-0.3, -0.25) is 20.4 Å². The molecule has 0 heterocycles. The second-order valence-corrected chi connectivity index (χ2v) is 4.61. The molecule has 2 amide bonds. The first-order valence-electron chi connectivity index (χ1n) is 6.62. The number of hydrazine groups is 1. The fourth-order valence-electron chi connectivity index (χ4n) is 1.68. The molecular formula is C16H16N2O4. The number of phenolic OH excluding ortho intramolecular Hbond substituents is 1. The van der Waals surface area contributed by atoms with Gasteiger partial charge in [0.1, 0.15) is 18.1 Å². The average molecular weight is 300 g/mol. The molecule has 0 aromatic heterocycles. The van der Waals surface area contributed by atoms with Crippen LogP contribution in [0.5, 0.6) is 11.5 Å². The van der Waals surface area contributed by atoms with Gasteiger partial charge in [-0.1, -0.05) is 12.1 Å². The topological polar surface area (TPSA) is 87.7 Å². The molecule has 0 atom stereocenters.